The summed E-state index contributed by atoms with van der Waals surface area (Å²) in [6.45, 7) is 0.356. The van der Waals surface area contributed by atoms with Gasteiger partial charge in [-0.15, -0.1) is 0 Å². The fraction of sp³-hybridized carbons (Fsp3) is 0.211. The summed E-state index contributed by atoms with van der Waals surface area (Å²) < 4.78 is 1.93. The predicted molar refractivity (Wildman–Crippen MR) is 98.1 cm³/mol. The number of fused-ring (bicyclic) bond motifs is 1. The first-order valence-electron chi connectivity index (χ1n) is 8.40. The number of para-hydroxylation sites is 3. The summed E-state index contributed by atoms with van der Waals surface area (Å²) >= 11 is 0. The first-order chi connectivity index (χ1) is 12.6. The summed E-state index contributed by atoms with van der Waals surface area (Å²) in [5, 5.41) is 3.83. The third-order valence-corrected chi connectivity index (χ3v) is 4.87. The summed E-state index contributed by atoms with van der Waals surface area (Å²) in [6, 6.07) is 16.6. The monoisotopic (exact) mass is 349 g/mol. The van der Waals surface area contributed by atoms with E-state index in [-0.39, 0.29) is 11.8 Å². The van der Waals surface area contributed by atoms with E-state index in [4.69, 9.17) is 5.84 Å². The second-order valence-electron chi connectivity index (χ2n) is 6.39. The van der Waals surface area contributed by atoms with E-state index in [1.807, 2.05) is 41.9 Å². The van der Waals surface area contributed by atoms with Crippen molar-refractivity contribution in [3.8, 4) is 0 Å². The summed E-state index contributed by atoms with van der Waals surface area (Å²) in [5.41, 5.74) is 2.34. The van der Waals surface area contributed by atoms with Crippen molar-refractivity contribution in [2.24, 2.45) is 18.8 Å². The Balaban J connectivity index is 1.71. The fourth-order valence-electron chi connectivity index (χ4n) is 3.51. The average Bonchev–Trinajstić information content (AvgIpc) is 3.21. The van der Waals surface area contributed by atoms with Crippen molar-refractivity contribution >= 4 is 28.5 Å². The van der Waals surface area contributed by atoms with Crippen molar-refractivity contribution in [3.63, 3.8) is 0 Å². The van der Waals surface area contributed by atoms with Gasteiger partial charge in [-0.25, -0.2) is 15.8 Å². The van der Waals surface area contributed by atoms with Crippen LogP contribution in [0.15, 0.2) is 54.6 Å². The number of amides is 2. The standard InChI is InChI=1S/C19H19N5O2/c1-23-15-10-6-5-9-14(15)22-17(23)13-11-21-18(25)16(13)19(26)24(20)12-7-3-2-4-8-12/h2-10,13,16H,11,20H2,1H3,(H,21,25). The molecule has 2 atom stereocenters. The van der Waals surface area contributed by atoms with Crippen LogP contribution < -0.4 is 16.2 Å². The molecule has 132 valence electrons. The summed E-state index contributed by atoms with van der Waals surface area (Å²) in [6.07, 6.45) is 0. The van der Waals surface area contributed by atoms with Crippen LogP contribution in [0.2, 0.25) is 0 Å². The molecule has 1 aromatic heterocycles. The summed E-state index contributed by atoms with van der Waals surface area (Å²) in [4.78, 5) is 30.0. The zero-order chi connectivity index (χ0) is 18.3. The first-order valence-corrected chi connectivity index (χ1v) is 8.40. The van der Waals surface area contributed by atoms with Crippen LogP contribution in [-0.2, 0) is 16.6 Å². The molecule has 1 aliphatic heterocycles. The highest BCUT2D eigenvalue weighted by atomic mass is 16.2. The lowest BCUT2D eigenvalue weighted by Crippen LogP contribution is -2.45. The number of anilines is 1. The van der Waals surface area contributed by atoms with Crippen LogP contribution in [0, 0.1) is 5.92 Å². The average molecular weight is 349 g/mol. The van der Waals surface area contributed by atoms with E-state index in [1.54, 1.807) is 24.3 Å². The summed E-state index contributed by atoms with van der Waals surface area (Å²) in [7, 11) is 1.90. The molecule has 1 saturated heterocycles. The molecule has 2 aromatic carbocycles. The number of hydrazine groups is 1. The van der Waals surface area contributed by atoms with E-state index in [0.29, 0.717) is 18.1 Å². The van der Waals surface area contributed by atoms with Gasteiger partial charge < -0.3 is 9.88 Å². The minimum absolute atomic E-state index is 0.321. The van der Waals surface area contributed by atoms with Crippen LogP contribution in [0.3, 0.4) is 0 Å². The summed E-state index contributed by atoms with van der Waals surface area (Å²) in [5.74, 6) is 4.67. The Bertz CT molecular complexity index is 982. The van der Waals surface area contributed by atoms with E-state index in [9.17, 15) is 9.59 Å². The minimum Gasteiger partial charge on any atom is -0.355 e. The van der Waals surface area contributed by atoms with E-state index in [0.717, 1.165) is 16.0 Å². The number of rotatable bonds is 3. The van der Waals surface area contributed by atoms with Crippen molar-refractivity contribution in [2.45, 2.75) is 5.92 Å². The van der Waals surface area contributed by atoms with Gasteiger partial charge in [-0.3, -0.25) is 9.59 Å². The minimum atomic E-state index is -0.907. The molecular formula is C19H19N5O2. The number of nitrogens with one attached hydrogen (secondary N) is 1. The number of hydrogen-bond acceptors (Lipinski definition) is 4. The lowest BCUT2D eigenvalue weighted by molar-refractivity contribution is -0.132. The van der Waals surface area contributed by atoms with Crippen LogP contribution >= 0.6 is 0 Å². The van der Waals surface area contributed by atoms with Crippen LogP contribution in [0.4, 0.5) is 5.69 Å². The fourth-order valence-corrected chi connectivity index (χ4v) is 3.51. The van der Waals surface area contributed by atoms with Gasteiger partial charge in [-0.2, -0.15) is 0 Å². The maximum absolute atomic E-state index is 13.0. The van der Waals surface area contributed by atoms with E-state index in [2.05, 4.69) is 10.3 Å². The number of imidazole rings is 1. The van der Waals surface area contributed by atoms with E-state index >= 15 is 0 Å². The van der Waals surface area contributed by atoms with Crippen LogP contribution in [0.5, 0.6) is 0 Å². The number of aromatic nitrogens is 2. The normalized spacial score (nSPS) is 19.5. The maximum Gasteiger partial charge on any atom is 0.254 e. The van der Waals surface area contributed by atoms with Gasteiger partial charge in [0, 0.05) is 13.6 Å². The van der Waals surface area contributed by atoms with E-state index < -0.39 is 11.8 Å². The van der Waals surface area contributed by atoms with Crippen molar-refractivity contribution in [2.75, 3.05) is 11.6 Å². The Kier molecular flexibility index (Phi) is 3.93. The van der Waals surface area contributed by atoms with Gasteiger partial charge in [-0.1, -0.05) is 30.3 Å². The van der Waals surface area contributed by atoms with Crippen LogP contribution in [-0.4, -0.2) is 27.9 Å². The topological polar surface area (TPSA) is 93.2 Å². The highest BCUT2D eigenvalue weighted by Crippen LogP contribution is 2.32. The Morgan fingerprint density at radius 2 is 1.88 bits per heavy atom. The van der Waals surface area contributed by atoms with Gasteiger partial charge in [0.1, 0.15) is 11.7 Å². The second kappa shape index (κ2) is 6.27. The number of carbonyl (C=O) groups excluding carboxylic acids is 2. The Labute approximate surface area is 150 Å². The van der Waals surface area contributed by atoms with E-state index in [1.165, 1.54) is 0 Å². The number of benzene rings is 2. The van der Waals surface area contributed by atoms with Crippen molar-refractivity contribution in [1.82, 2.24) is 14.9 Å². The highest BCUT2D eigenvalue weighted by Gasteiger charge is 2.45. The van der Waals surface area contributed by atoms with Gasteiger partial charge in [0.15, 0.2) is 0 Å². The Morgan fingerprint density at radius 1 is 1.19 bits per heavy atom. The molecule has 1 fully saturated rings. The molecule has 7 nitrogen and oxygen atoms in total. The second-order valence-corrected chi connectivity index (χ2v) is 6.39. The predicted octanol–water partition coefficient (Wildman–Crippen LogP) is 1.31. The highest BCUT2D eigenvalue weighted by molar-refractivity contribution is 6.09. The molecule has 2 amide bonds. The number of nitrogens with zero attached hydrogens (tertiary/aromatic N) is 3. The molecule has 3 aromatic rings. The van der Waals surface area contributed by atoms with Crippen LogP contribution in [0.25, 0.3) is 11.0 Å². The number of nitrogens with two attached hydrogens (primary N) is 1. The zero-order valence-corrected chi connectivity index (χ0v) is 14.3. The van der Waals surface area contributed by atoms with Gasteiger partial charge >= 0.3 is 0 Å². The molecule has 0 bridgehead atoms. The number of hydrogen-bond donors (Lipinski definition) is 2. The molecule has 2 unspecified atom stereocenters. The molecule has 0 radical (unpaired) electrons. The molecule has 4 rings (SSSR count). The molecule has 0 aliphatic carbocycles. The third-order valence-electron chi connectivity index (χ3n) is 4.87. The molecule has 7 heteroatoms. The van der Waals surface area contributed by atoms with Gasteiger partial charge in [0.2, 0.25) is 5.91 Å². The molecule has 0 spiro atoms. The Morgan fingerprint density at radius 3 is 2.62 bits per heavy atom. The smallest absolute Gasteiger partial charge is 0.254 e. The number of aryl methyl sites for hydroxylation is 1. The molecule has 1 aliphatic rings. The Hall–Kier alpha value is -3.19. The molecule has 26 heavy (non-hydrogen) atoms. The lowest BCUT2D eigenvalue weighted by Gasteiger charge is -2.22. The van der Waals surface area contributed by atoms with Crippen LogP contribution in [0.1, 0.15) is 11.7 Å². The SMILES string of the molecule is Cn1c(C2CNC(=O)C2C(=O)N(N)c2ccccc2)nc2ccccc21. The molecule has 3 N–H and O–H groups in total. The largest absolute Gasteiger partial charge is 0.355 e. The molecule has 2 heterocycles. The van der Waals surface area contributed by atoms with Gasteiger partial charge in [0.05, 0.1) is 22.6 Å². The lowest BCUT2D eigenvalue weighted by atomic mass is 9.93. The van der Waals surface area contributed by atoms with Crippen molar-refractivity contribution < 1.29 is 9.59 Å². The van der Waals surface area contributed by atoms with Crippen molar-refractivity contribution in [3.05, 3.63) is 60.4 Å². The first kappa shape index (κ1) is 16.3. The zero-order valence-electron chi connectivity index (χ0n) is 14.3. The maximum atomic E-state index is 13.0. The molecular weight excluding hydrogens is 330 g/mol. The van der Waals surface area contributed by atoms with Gasteiger partial charge in [0.25, 0.3) is 5.91 Å². The van der Waals surface area contributed by atoms with Crippen molar-refractivity contribution in [1.29, 1.82) is 0 Å². The number of carbonyl (C=O) groups is 2. The van der Waals surface area contributed by atoms with Gasteiger partial charge in [-0.05, 0) is 24.3 Å². The third kappa shape index (κ3) is 2.53. The quantitative estimate of drug-likeness (QED) is 0.323. The molecule has 0 saturated carbocycles.